The molecule has 0 radical (unpaired) electrons. The maximum atomic E-state index is 12.1. The van der Waals surface area contributed by atoms with Crippen molar-refractivity contribution in [1.29, 1.82) is 0 Å². The number of nitrogens with zero attached hydrogens (tertiary/aromatic N) is 3. The number of hydrogen-bond acceptors (Lipinski definition) is 4. The third-order valence-electron chi connectivity index (χ3n) is 3.67. The average molecular weight is 263 g/mol. The normalized spacial score (nSPS) is 22.8. The minimum atomic E-state index is -0.410. The Balaban J connectivity index is 2.36. The van der Waals surface area contributed by atoms with E-state index in [9.17, 15) is 4.79 Å². The summed E-state index contributed by atoms with van der Waals surface area (Å²) < 4.78 is 4.96. The van der Waals surface area contributed by atoms with Gasteiger partial charge in [0.15, 0.2) is 5.82 Å². The Kier molecular flexibility index (Phi) is 3.85. The maximum absolute atomic E-state index is 12.1. The number of amides is 1. The van der Waals surface area contributed by atoms with Crippen molar-refractivity contribution in [3.8, 4) is 0 Å². The molecule has 1 fully saturated rings. The van der Waals surface area contributed by atoms with E-state index in [1.54, 1.807) is 7.11 Å². The van der Waals surface area contributed by atoms with Crippen molar-refractivity contribution in [2.75, 3.05) is 20.3 Å². The van der Waals surface area contributed by atoms with Gasteiger partial charge in [-0.3, -0.25) is 4.79 Å². The van der Waals surface area contributed by atoms with Crippen LogP contribution in [0.15, 0.2) is 6.07 Å². The molecule has 0 bridgehead atoms. The molecule has 0 saturated carbocycles. The lowest BCUT2D eigenvalue weighted by Gasteiger charge is -2.34. The van der Waals surface area contributed by atoms with Crippen molar-refractivity contribution in [2.45, 2.75) is 39.2 Å². The molecule has 19 heavy (non-hydrogen) atoms. The summed E-state index contributed by atoms with van der Waals surface area (Å²) in [6.07, 6.45) is 1.87. The lowest BCUT2D eigenvalue weighted by atomic mass is 9.97. The van der Waals surface area contributed by atoms with Gasteiger partial charge in [0.25, 0.3) is 0 Å². The molecule has 104 valence electrons. The summed E-state index contributed by atoms with van der Waals surface area (Å²) in [6.45, 7) is 6.81. The van der Waals surface area contributed by atoms with E-state index in [4.69, 9.17) is 4.74 Å². The maximum Gasteiger partial charge on any atom is 0.249 e. The Morgan fingerprint density at radius 1 is 1.42 bits per heavy atom. The largest absolute Gasteiger partial charge is 0.375 e. The van der Waals surface area contributed by atoms with Crippen LogP contribution < -0.4 is 0 Å². The zero-order chi connectivity index (χ0) is 14.0. The number of aryl methyl sites for hydroxylation is 2. The Bertz CT molecular complexity index is 469. The van der Waals surface area contributed by atoms with Gasteiger partial charge in [0.05, 0.1) is 5.54 Å². The zero-order valence-corrected chi connectivity index (χ0v) is 12.1. The molecule has 0 aliphatic carbocycles. The summed E-state index contributed by atoms with van der Waals surface area (Å²) in [4.78, 5) is 23.1. The van der Waals surface area contributed by atoms with Crippen LogP contribution in [0.1, 0.15) is 37.0 Å². The minimum Gasteiger partial charge on any atom is -0.375 e. The van der Waals surface area contributed by atoms with Crippen LogP contribution in [0.3, 0.4) is 0 Å². The Morgan fingerprint density at radius 3 is 2.63 bits per heavy atom. The number of aromatic nitrogens is 2. The van der Waals surface area contributed by atoms with Crippen LogP contribution in [-0.2, 0) is 15.1 Å². The Labute approximate surface area is 114 Å². The standard InChI is InChI=1S/C14H21N3O2/c1-10-8-11(2)16-13(15-10)14(3)6-5-7-17(14)12(18)9-19-4/h8H,5-7,9H2,1-4H3/t14-/m0/s1. The molecule has 1 aromatic heterocycles. The highest BCUT2D eigenvalue weighted by Crippen LogP contribution is 2.36. The summed E-state index contributed by atoms with van der Waals surface area (Å²) in [5.41, 5.74) is 1.47. The summed E-state index contributed by atoms with van der Waals surface area (Å²) in [6, 6.07) is 1.95. The molecule has 2 heterocycles. The lowest BCUT2D eigenvalue weighted by Crippen LogP contribution is -2.45. The number of carbonyl (C=O) groups is 1. The molecule has 1 aliphatic rings. The van der Waals surface area contributed by atoms with Gasteiger partial charge in [0.1, 0.15) is 6.61 Å². The SMILES string of the molecule is COCC(=O)N1CCC[C@@]1(C)c1nc(C)cc(C)n1. The van der Waals surface area contributed by atoms with E-state index in [1.165, 1.54) is 0 Å². The second kappa shape index (κ2) is 5.25. The molecule has 5 nitrogen and oxygen atoms in total. The van der Waals surface area contributed by atoms with Gasteiger partial charge in [-0.25, -0.2) is 9.97 Å². The smallest absolute Gasteiger partial charge is 0.249 e. The van der Waals surface area contributed by atoms with Crippen LogP contribution in [0.4, 0.5) is 0 Å². The molecule has 1 atom stereocenters. The predicted octanol–water partition coefficient (Wildman–Crippen LogP) is 1.58. The van der Waals surface area contributed by atoms with Gasteiger partial charge in [-0.2, -0.15) is 0 Å². The van der Waals surface area contributed by atoms with Crippen LogP contribution in [-0.4, -0.2) is 41.0 Å². The average Bonchev–Trinajstić information content (AvgIpc) is 2.72. The topological polar surface area (TPSA) is 55.3 Å². The summed E-state index contributed by atoms with van der Waals surface area (Å²) in [5, 5.41) is 0. The number of rotatable bonds is 3. The monoisotopic (exact) mass is 263 g/mol. The molecule has 1 aromatic rings. The fraction of sp³-hybridized carbons (Fsp3) is 0.643. The molecule has 0 unspecified atom stereocenters. The van der Waals surface area contributed by atoms with Crippen molar-refractivity contribution in [2.24, 2.45) is 0 Å². The second-order valence-corrected chi connectivity index (χ2v) is 5.33. The van der Waals surface area contributed by atoms with Gasteiger partial charge in [-0.05, 0) is 39.7 Å². The second-order valence-electron chi connectivity index (χ2n) is 5.33. The van der Waals surface area contributed by atoms with Crippen LogP contribution in [0, 0.1) is 13.8 Å². The van der Waals surface area contributed by atoms with Crippen molar-refractivity contribution in [3.05, 3.63) is 23.3 Å². The van der Waals surface area contributed by atoms with Crippen LogP contribution in [0.25, 0.3) is 0 Å². The number of carbonyl (C=O) groups excluding carboxylic acids is 1. The molecule has 0 N–H and O–H groups in total. The van der Waals surface area contributed by atoms with E-state index in [0.29, 0.717) is 0 Å². The van der Waals surface area contributed by atoms with Crippen molar-refractivity contribution >= 4 is 5.91 Å². The quantitative estimate of drug-likeness (QED) is 0.830. The van der Waals surface area contributed by atoms with Crippen molar-refractivity contribution in [1.82, 2.24) is 14.9 Å². The molecule has 1 amide bonds. The molecule has 0 aromatic carbocycles. The number of methoxy groups -OCH3 is 1. The van der Waals surface area contributed by atoms with Gasteiger partial charge >= 0.3 is 0 Å². The van der Waals surface area contributed by atoms with Crippen LogP contribution in [0.5, 0.6) is 0 Å². The first-order valence-electron chi connectivity index (χ1n) is 6.59. The zero-order valence-electron chi connectivity index (χ0n) is 12.1. The lowest BCUT2D eigenvalue weighted by molar-refractivity contribution is -0.139. The third kappa shape index (κ3) is 2.61. The van der Waals surface area contributed by atoms with E-state index in [0.717, 1.165) is 36.6 Å². The van der Waals surface area contributed by atoms with E-state index >= 15 is 0 Å². The highest BCUT2D eigenvalue weighted by Gasteiger charge is 2.43. The minimum absolute atomic E-state index is 0.00487. The Hall–Kier alpha value is -1.49. The van der Waals surface area contributed by atoms with Gasteiger partial charge in [-0.15, -0.1) is 0 Å². The highest BCUT2D eigenvalue weighted by atomic mass is 16.5. The molecule has 2 rings (SSSR count). The van der Waals surface area contributed by atoms with E-state index in [-0.39, 0.29) is 12.5 Å². The van der Waals surface area contributed by atoms with Gasteiger partial charge in [0.2, 0.25) is 5.91 Å². The first-order valence-corrected chi connectivity index (χ1v) is 6.59. The number of hydrogen-bond donors (Lipinski definition) is 0. The number of likely N-dealkylation sites (tertiary alicyclic amines) is 1. The molecule has 1 saturated heterocycles. The molecule has 0 spiro atoms. The third-order valence-corrected chi connectivity index (χ3v) is 3.67. The first kappa shape index (κ1) is 13.9. The van der Waals surface area contributed by atoms with E-state index in [1.807, 2.05) is 31.7 Å². The molecular weight excluding hydrogens is 242 g/mol. The van der Waals surface area contributed by atoms with E-state index < -0.39 is 5.54 Å². The summed E-state index contributed by atoms with van der Waals surface area (Å²) in [5.74, 6) is 0.747. The fourth-order valence-electron chi connectivity index (χ4n) is 2.76. The van der Waals surface area contributed by atoms with E-state index in [2.05, 4.69) is 9.97 Å². The summed E-state index contributed by atoms with van der Waals surface area (Å²) in [7, 11) is 1.54. The molecular formula is C14H21N3O2. The predicted molar refractivity (Wildman–Crippen MR) is 71.7 cm³/mol. The molecule has 1 aliphatic heterocycles. The summed E-state index contributed by atoms with van der Waals surface area (Å²) >= 11 is 0. The van der Waals surface area contributed by atoms with Crippen molar-refractivity contribution < 1.29 is 9.53 Å². The number of ether oxygens (including phenoxy) is 1. The Morgan fingerprint density at radius 2 is 2.05 bits per heavy atom. The van der Waals surface area contributed by atoms with Crippen molar-refractivity contribution in [3.63, 3.8) is 0 Å². The fourth-order valence-corrected chi connectivity index (χ4v) is 2.76. The van der Waals surface area contributed by atoms with Crippen LogP contribution in [0.2, 0.25) is 0 Å². The van der Waals surface area contributed by atoms with Crippen LogP contribution >= 0.6 is 0 Å². The first-order chi connectivity index (χ1) is 8.97. The van der Waals surface area contributed by atoms with Gasteiger partial charge in [0, 0.05) is 25.0 Å². The van der Waals surface area contributed by atoms with Gasteiger partial charge in [-0.1, -0.05) is 0 Å². The molecule has 5 heteroatoms. The highest BCUT2D eigenvalue weighted by molar-refractivity contribution is 5.78. The van der Waals surface area contributed by atoms with Gasteiger partial charge < -0.3 is 9.64 Å².